The molecule has 0 radical (unpaired) electrons. The summed E-state index contributed by atoms with van der Waals surface area (Å²) in [5.41, 5.74) is 2.45. The summed E-state index contributed by atoms with van der Waals surface area (Å²) in [5.74, 6) is 0.0277. The minimum Gasteiger partial charge on any atom is -0.439 e. The Labute approximate surface area is 201 Å². The van der Waals surface area contributed by atoms with E-state index in [-0.39, 0.29) is 21.8 Å². The van der Waals surface area contributed by atoms with Crippen LogP contribution in [-0.4, -0.2) is 38.9 Å². The van der Waals surface area contributed by atoms with Gasteiger partial charge in [-0.05, 0) is 67.2 Å². The molecule has 0 spiro atoms. The van der Waals surface area contributed by atoms with Gasteiger partial charge >= 0.3 is 0 Å². The standard InChI is InChI=1S/C27H32N2O4S/c1-20(2)21-11-13-22(14-12-21)24(29-17-7-4-8-18-29)19-28-27(30)25-15-16-26(33-25)34(31,32)23-9-5-3-6-10-23/h3,5-6,9-16,20,24H,4,7-8,17-19H2,1-2H3,(H,28,30). The molecule has 0 saturated carbocycles. The molecule has 34 heavy (non-hydrogen) atoms. The largest absolute Gasteiger partial charge is 0.439 e. The highest BCUT2D eigenvalue weighted by Crippen LogP contribution is 2.27. The monoisotopic (exact) mass is 480 g/mol. The van der Waals surface area contributed by atoms with Crippen LogP contribution in [0.5, 0.6) is 0 Å². The Morgan fingerprint density at radius 3 is 2.21 bits per heavy atom. The number of carbonyl (C=O) groups is 1. The van der Waals surface area contributed by atoms with Crippen molar-refractivity contribution in [3.8, 4) is 0 Å². The summed E-state index contributed by atoms with van der Waals surface area (Å²) in [6, 6.07) is 19.5. The van der Waals surface area contributed by atoms with Crippen molar-refractivity contribution in [2.75, 3.05) is 19.6 Å². The fraction of sp³-hybridized carbons (Fsp3) is 0.370. The molecular formula is C27H32N2O4S. The highest BCUT2D eigenvalue weighted by atomic mass is 32.2. The second-order valence-corrected chi connectivity index (χ2v) is 11.0. The zero-order chi connectivity index (χ0) is 24.1. The van der Waals surface area contributed by atoms with Crippen LogP contribution in [0.25, 0.3) is 0 Å². The summed E-state index contributed by atoms with van der Waals surface area (Å²) >= 11 is 0. The molecule has 1 fully saturated rings. The van der Waals surface area contributed by atoms with Gasteiger partial charge in [-0.15, -0.1) is 0 Å². The van der Waals surface area contributed by atoms with E-state index < -0.39 is 15.7 Å². The van der Waals surface area contributed by atoms with E-state index in [1.807, 2.05) is 0 Å². The lowest BCUT2D eigenvalue weighted by Crippen LogP contribution is -2.40. The van der Waals surface area contributed by atoms with Crippen molar-refractivity contribution in [3.05, 3.63) is 83.6 Å². The second-order valence-electron chi connectivity index (χ2n) is 9.08. The van der Waals surface area contributed by atoms with Gasteiger partial charge in [0.25, 0.3) is 5.91 Å². The maximum Gasteiger partial charge on any atom is 0.287 e. The van der Waals surface area contributed by atoms with Crippen molar-refractivity contribution in [1.82, 2.24) is 10.2 Å². The van der Waals surface area contributed by atoms with Crippen LogP contribution in [0.4, 0.5) is 0 Å². The molecule has 3 aromatic rings. The number of carbonyl (C=O) groups excluding carboxylic acids is 1. The normalized spacial score (nSPS) is 15.9. The zero-order valence-corrected chi connectivity index (χ0v) is 20.6. The number of likely N-dealkylation sites (tertiary alicyclic amines) is 1. The average molecular weight is 481 g/mol. The van der Waals surface area contributed by atoms with Crippen molar-refractivity contribution in [2.24, 2.45) is 0 Å². The molecule has 4 rings (SSSR count). The number of amides is 1. The third-order valence-electron chi connectivity index (χ3n) is 6.40. The van der Waals surface area contributed by atoms with Crippen LogP contribution in [0.3, 0.4) is 0 Å². The number of piperidine rings is 1. The first kappa shape index (κ1) is 24.2. The van der Waals surface area contributed by atoms with Gasteiger partial charge in [-0.25, -0.2) is 8.42 Å². The molecule has 1 unspecified atom stereocenters. The van der Waals surface area contributed by atoms with Crippen LogP contribution < -0.4 is 5.32 Å². The van der Waals surface area contributed by atoms with Crippen LogP contribution in [0.1, 0.15) is 66.8 Å². The van der Waals surface area contributed by atoms with E-state index in [0.717, 1.165) is 25.9 Å². The number of nitrogens with one attached hydrogen (secondary N) is 1. The van der Waals surface area contributed by atoms with Crippen molar-refractivity contribution < 1.29 is 17.6 Å². The fourth-order valence-electron chi connectivity index (χ4n) is 4.37. The predicted octanol–water partition coefficient (Wildman–Crippen LogP) is 5.19. The first-order valence-electron chi connectivity index (χ1n) is 11.9. The molecule has 1 aliphatic rings. The summed E-state index contributed by atoms with van der Waals surface area (Å²) in [6.45, 7) is 6.75. The van der Waals surface area contributed by atoms with Crippen LogP contribution in [-0.2, 0) is 9.84 Å². The Bertz CT molecular complexity index is 1190. The molecule has 7 heteroatoms. The number of nitrogens with zero attached hydrogens (tertiary/aromatic N) is 1. The van der Waals surface area contributed by atoms with Gasteiger partial charge in [0, 0.05) is 6.54 Å². The quantitative estimate of drug-likeness (QED) is 0.480. The molecule has 0 bridgehead atoms. The van der Waals surface area contributed by atoms with Crippen LogP contribution in [0, 0.1) is 0 Å². The summed E-state index contributed by atoms with van der Waals surface area (Å²) < 4.78 is 31.0. The molecule has 1 aliphatic heterocycles. The van der Waals surface area contributed by atoms with Crippen molar-refractivity contribution in [2.45, 2.75) is 55.1 Å². The van der Waals surface area contributed by atoms with E-state index in [9.17, 15) is 13.2 Å². The summed E-state index contributed by atoms with van der Waals surface area (Å²) in [6.07, 6.45) is 3.52. The molecule has 1 amide bonds. The molecule has 0 aliphatic carbocycles. The van der Waals surface area contributed by atoms with Crippen LogP contribution >= 0.6 is 0 Å². The molecule has 1 atom stereocenters. The molecule has 1 saturated heterocycles. The Morgan fingerprint density at radius 1 is 0.912 bits per heavy atom. The van der Waals surface area contributed by atoms with Crippen molar-refractivity contribution >= 4 is 15.7 Å². The number of hydrogen-bond acceptors (Lipinski definition) is 5. The van der Waals surface area contributed by atoms with Gasteiger partial charge in [-0.3, -0.25) is 9.69 Å². The predicted molar refractivity (Wildman–Crippen MR) is 132 cm³/mol. The molecule has 2 heterocycles. The number of sulfone groups is 1. The third-order valence-corrected chi connectivity index (χ3v) is 8.04. The Morgan fingerprint density at radius 2 is 1.56 bits per heavy atom. The van der Waals surface area contributed by atoms with E-state index in [1.54, 1.807) is 18.2 Å². The SMILES string of the molecule is CC(C)c1ccc(C(CNC(=O)c2ccc(S(=O)(=O)c3ccccc3)o2)N2CCCCC2)cc1. The van der Waals surface area contributed by atoms with Crippen molar-refractivity contribution in [1.29, 1.82) is 0 Å². The van der Waals surface area contributed by atoms with Gasteiger partial charge in [0.2, 0.25) is 14.9 Å². The van der Waals surface area contributed by atoms with Crippen LogP contribution in [0.2, 0.25) is 0 Å². The lowest BCUT2D eigenvalue weighted by molar-refractivity contribution is 0.0892. The molecule has 180 valence electrons. The van der Waals surface area contributed by atoms with Gasteiger partial charge in [0.1, 0.15) is 0 Å². The highest BCUT2D eigenvalue weighted by molar-refractivity contribution is 7.91. The first-order chi connectivity index (χ1) is 16.4. The lowest BCUT2D eigenvalue weighted by Gasteiger charge is -2.35. The van der Waals surface area contributed by atoms with Gasteiger partial charge in [-0.2, -0.15) is 0 Å². The molecule has 1 N–H and O–H groups in total. The van der Waals surface area contributed by atoms with Gasteiger partial charge in [0.15, 0.2) is 5.76 Å². The second kappa shape index (κ2) is 10.6. The highest BCUT2D eigenvalue weighted by Gasteiger charge is 2.26. The molecule has 6 nitrogen and oxygen atoms in total. The van der Waals surface area contributed by atoms with E-state index in [1.165, 1.54) is 41.8 Å². The Balaban J connectivity index is 1.49. The minimum atomic E-state index is -3.81. The maximum absolute atomic E-state index is 12.9. The first-order valence-corrected chi connectivity index (χ1v) is 13.4. The lowest BCUT2D eigenvalue weighted by atomic mass is 9.97. The van der Waals surface area contributed by atoms with Crippen molar-refractivity contribution in [3.63, 3.8) is 0 Å². The zero-order valence-electron chi connectivity index (χ0n) is 19.7. The topological polar surface area (TPSA) is 79.6 Å². The number of rotatable bonds is 8. The number of benzene rings is 2. The smallest absolute Gasteiger partial charge is 0.287 e. The van der Waals surface area contributed by atoms with Gasteiger partial charge < -0.3 is 9.73 Å². The number of furan rings is 1. The summed E-state index contributed by atoms with van der Waals surface area (Å²) in [4.78, 5) is 15.4. The molecule has 1 aromatic heterocycles. The summed E-state index contributed by atoms with van der Waals surface area (Å²) in [7, 11) is -3.81. The Hall–Kier alpha value is -2.90. The van der Waals surface area contributed by atoms with E-state index in [0.29, 0.717) is 12.5 Å². The minimum absolute atomic E-state index is 0.0120. The van der Waals surface area contributed by atoms with E-state index >= 15 is 0 Å². The van der Waals surface area contributed by atoms with E-state index in [2.05, 4.69) is 48.3 Å². The van der Waals surface area contributed by atoms with Gasteiger partial charge in [0.05, 0.1) is 10.9 Å². The molecule has 2 aromatic carbocycles. The molecular weight excluding hydrogens is 448 g/mol. The van der Waals surface area contributed by atoms with E-state index in [4.69, 9.17) is 4.42 Å². The van der Waals surface area contributed by atoms with Gasteiger partial charge in [-0.1, -0.05) is 62.7 Å². The maximum atomic E-state index is 12.9. The average Bonchev–Trinajstić information content (AvgIpc) is 3.37. The van der Waals surface area contributed by atoms with Crippen LogP contribution in [0.15, 0.2) is 81.1 Å². The third kappa shape index (κ3) is 5.42. The summed E-state index contributed by atoms with van der Waals surface area (Å²) in [5, 5.41) is 2.73. The fourth-order valence-corrected chi connectivity index (χ4v) is 5.56. The Kier molecular flexibility index (Phi) is 7.54. The number of hydrogen-bond donors (Lipinski definition) is 1.